The van der Waals surface area contributed by atoms with Crippen LogP contribution >= 0.6 is 0 Å². The zero-order chi connectivity index (χ0) is 11.7. The summed E-state index contributed by atoms with van der Waals surface area (Å²) < 4.78 is 5.14. The maximum atomic E-state index is 11.5. The number of hydrogen-bond donors (Lipinski definition) is 0. The van der Waals surface area contributed by atoms with Gasteiger partial charge in [-0.05, 0) is 12.8 Å². The Kier molecular flexibility index (Phi) is 3.08. The predicted molar refractivity (Wildman–Crippen MR) is 61.3 cm³/mol. The van der Waals surface area contributed by atoms with Crippen LogP contribution in [0.3, 0.4) is 0 Å². The minimum Gasteiger partial charge on any atom is -0.465 e. The number of carbonyl (C=O) groups excluding carboxylic acids is 1. The zero-order valence-corrected chi connectivity index (χ0v) is 10.3. The van der Waals surface area contributed by atoms with Crippen molar-refractivity contribution in [1.82, 2.24) is 9.80 Å². The fourth-order valence-electron chi connectivity index (χ4n) is 2.60. The van der Waals surface area contributed by atoms with E-state index in [1.54, 1.807) is 0 Å². The smallest absolute Gasteiger partial charge is 0.309 e. The van der Waals surface area contributed by atoms with Gasteiger partial charge in [0.1, 0.15) is 0 Å². The Morgan fingerprint density at radius 2 is 2.25 bits per heavy atom. The molecule has 1 saturated heterocycles. The monoisotopic (exact) mass is 224 g/mol. The molecular formula is C12H20N2O2. The second-order valence-electron chi connectivity index (χ2n) is 4.83. The highest BCUT2D eigenvalue weighted by Gasteiger charge is 2.36. The second-order valence-corrected chi connectivity index (χ2v) is 4.83. The molecule has 16 heavy (non-hydrogen) atoms. The molecular weight excluding hydrogens is 204 g/mol. The van der Waals surface area contributed by atoms with Gasteiger partial charge in [-0.2, -0.15) is 0 Å². The fraction of sp³-hybridized carbons (Fsp3) is 0.750. The summed E-state index contributed by atoms with van der Waals surface area (Å²) in [5, 5.41) is 0. The van der Waals surface area contributed by atoms with Crippen LogP contribution in [0.15, 0.2) is 11.9 Å². The predicted octanol–water partition coefficient (Wildman–Crippen LogP) is 1.25. The molecule has 2 atom stereocenters. The highest BCUT2D eigenvalue weighted by molar-refractivity contribution is 5.74. The molecule has 0 aromatic carbocycles. The van der Waals surface area contributed by atoms with Crippen LogP contribution < -0.4 is 0 Å². The van der Waals surface area contributed by atoms with Crippen LogP contribution in [0.1, 0.15) is 19.8 Å². The standard InChI is InChI=1S/C12H20N2O2/c1-4-11-9(7-16-12(11)15)5-10-6-13(2)8-14(10)3/h6,9,11H,4-5,7-8H2,1-3H3. The normalized spacial score (nSPS) is 29.7. The topological polar surface area (TPSA) is 32.8 Å². The van der Waals surface area contributed by atoms with Crippen LogP contribution in [0.25, 0.3) is 0 Å². The molecule has 2 rings (SSSR count). The Hall–Kier alpha value is -1.19. The van der Waals surface area contributed by atoms with E-state index in [2.05, 4.69) is 37.0 Å². The van der Waals surface area contributed by atoms with Crippen molar-refractivity contribution < 1.29 is 9.53 Å². The van der Waals surface area contributed by atoms with Gasteiger partial charge in [0.2, 0.25) is 0 Å². The summed E-state index contributed by atoms with van der Waals surface area (Å²) >= 11 is 0. The Labute approximate surface area is 96.8 Å². The van der Waals surface area contributed by atoms with Crippen molar-refractivity contribution in [3.05, 3.63) is 11.9 Å². The van der Waals surface area contributed by atoms with Crippen molar-refractivity contribution in [2.45, 2.75) is 19.8 Å². The number of rotatable bonds is 3. The first kappa shape index (κ1) is 11.3. The van der Waals surface area contributed by atoms with Crippen molar-refractivity contribution in [3.63, 3.8) is 0 Å². The summed E-state index contributed by atoms with van der Waals surface area (Å²) in [6, 6.07) is 0. The summed E-state index contributed by atoms with van der Waals surface area (Å²) in [5.74, 6) is 0.444. The van der Waals surface area contributed by atoms with Gasteiger partial charge in [-0.1, -0.05) is 6.92 Å². The first-order valence-electron chi connectivity index (χ1n) is 5.90. The van der Waals surface area contributed by atoms with Crippen LogP contribution in [-0.4, -0.2) is 43.1 Å². The Morgan fingerprint density at radius 1 is 1.50 bits per heavy atom. The summed E-state index contributed by atoms with van der Waals surface area (Å²) in [5.41, 5.74) is 1.31. The molecule has 0 bridgehead atoms. The van der Waals surface area contributed by atoms with Gasteiger partial charge in [-0.3, -0.25) is 4.79 Å². The maximum Gasteiger partial charge on any atom is 0.309 e. The minimum absolute atomic E-state index is 0.0119. The van der Waals surface area contributed by atoms with E-state index >= 15 is 0 Å². The average Bonchev–Trinajstić information content (AvgIpc) is 2.72. The molecule has 0 aliphatic carbocycles. The lowest BCUT2D eigenvalue weighted by atomic mass is 9.89. The van der Waals surface area contributed by atoms with E-state index in [-0.39, 0.29) is 11.9 Å². The van der Waals surface area contributed by atoms with E-state index in [4.69, 9.17) is 4.74 Å². The van der Waals surface area contributed by atoms with Crippen LogP contribution in [0.2, 0.25) is 0 Å². The first-order valence-corrected chi connectivity index (χ1v) is 5.90. The number of allylic oxidation sites excluding steroid dienone is 1. The van der Waals surface area contributed by atoms with E-state index in [0.29, 0.717) is 12.5 Å². The van der Waals surface area contributed by atoms with Gasteiger partial charge in [-0.25, -0.2) is 0 Å². The maximum absolute atomic E-state index is 11.5. The highest BCUT2D eigenvalue weighted by Crippen LogP contribution is 2.32. The fourth-order valence-corrected chi connectivity index (χ4v) is 2.60. The molecule has 90 valence electrons. The zero-order valence-electron chi connectivity index (χ0n) is 10.3. The van der Waals surface area contributed by atoms with Crippen LogP contribution in [-0.2, 0) is 9.53 Å². The highest BCUT2D eigenvalue weighted by atomic mass is 16.5. The average molecular weight is 224 g/mol. The van der Waals surface area contributed by atoms with Gasteiger partial charge in [0, 0.05) is 31.9 Å². The molecule has 4 heteroatoms. The minimum atomic E-state index is -0.0119. The molecule has 1 fully saturated rings. The van der Waals surface area contributed by atoms with Crippen LogP contribution in [0, 0.1) is 11.8 Å². The Morgan fingerprint density at radius 3 is 2.81 bits per heavy atom. The summed E-state index contributed by atoms with van der Waals surface area (Å²) in [6.07, 6.45) is 4.00. The van der Waals surface area contributed by atoms with E-state index in [0.717, 1.165) is 19.5 Å². The molecule has 4 nitrogen and oxygen atoms in total. The molecule has 2 unspecified atom stereocenters. The van der Waals surface area contributed by atoms with Crippen molar-refractivity contribution >= 4 is 5.97 Å². The lowest BCUT2D eigenvalue weighted by Gasteiger charge is -2.20. The largest absolute Gasteiger partial charge is 0.465 e. The van der Waals surface area contributed by atoms with Crippen molar-refractivity contribution in [2.24, 2.45) is 11.8 Å². The number of ether oxygens (including phenoxy) is 1. The molecule has 0 spiro atoms. The third-order valence-electron chi connectivity index (χ3n) is 3.52. The SMILES string of the molecule is CCC1C(=O)OCC1CC1=CN(C)CN1C. The lowest BCUT2D eigenvalue weighted by molar-refractivity contribution is -0.141. The molecule has 0 saturated carbocycles. The molecule has 0 amide bonds. The van der Waals surface area contributed by atoms with Gasteiger partial charge >= 0.3 is 5.97 Å². The number of carbonyl (C=O) groups is 1. The Balaban J connectivity index is 2.00. The van der Waals surface area contributed by atoms with E-state index < -0.39 is 0 Å². The van der Waals surface area contributed by atoms with Crippen LogP contribution in [0.5, 0.6) is 0 Å². The second kappa shape index (κ2) is 4.36. The lowest BCUT2D eigenvalue weighted by Crippen LogP contribution is -2.23. The number of hydrogen-bond acceptors (Lipinski definition) is 4. The molecule has 2 heterocycles. The van der Waals surface area contributed by atoms with Crippen molar-refractivity contribution in [3.8, 4) is 0 Å². The summed E-state index contributed by atoms with van der Waals surface area (Å²) in [7, 11) is 4.16. The number of nitrogens with zero attached hydrogens (tertiary/aromatic N) is 2. The number of cyclic esters (lactones) is 1. The van der Waals surface area contributed by atoms with Crippen molar-refractivity contribution in [2.75, 3.05) is 27.4 Å². The molecule has 0 N–H and O–H groups in total. The third-order valence-corrected chi connectivity index (χ3v) is 3.52. The van der Waals surface area contributed by atoms with Gasteiger partial charge in [0.05, 0.1) is 19.2 Å². The van der Waals surface area contributed by atoms with Gasteiger partial charge < -0.3 is 14.5 Å². The number of esters is 1. The summed E-state index contributed by atoms with van der Waals surface area (Å²) in [6.45, 7) is 3.59. The molecule has 2 aliphatic heterocycles. The van der Waals surface area contributed by atoms with Gasteiger partial charge in [0.25, 0.3) is 0 Å². The molecule has 2 aliphatic rings. The van der Waals surface area contributed by atoms with Gasteiger partial charge in [-0.15, -0.1) is 0 Å². The molecule has 0 radical (unpaired) electrons. The van der Waals surface area contributed by atoms with Gasteiger partial charge in [0.15, 0.2) is 0 Å². The van der Waals surface area contributed by atoms with E-state index in [1.165, 1.54) is 5.70 Å². The summed E-state index contributed by atoms with van der Waals surface area (Å²) in [4.78, 5) is 15.9. The van der Waals surface area contributed by atoms with E-state index in [9.17, 15) is 4.79 Å². The van der Waals surface area contributed by atoms with Crippen molar-refractivity contribution in [1.29, 1.82) is 0 Å². The Bertz CT molecular complexity index is 314. The first-order chi connectivity index (χ1) is 7.61. The molecule has 0 aromatic heterocycles. The van der Waals surface area contributed by atoms with Crippen LogP contribution in [0.4, 0.5) is 0 Å². The molecule has 0 aromatic rings. The third kappa shape index (κ3) is 2.01. The quantitative estimate of drug-likeness (QED) is 0.675. The van der Waals surface area contributed by atoms with E-state index in [1.807, 2.05) is 0 Å².